The predicted octanol–water partition coefficient (Wildman–Crippen LogP) is 1.88. The Balaban J connectivity index is 1.47. The fourth-order valence-electron chi connectivity index (χ4n) is 3.64. The number of benzene rings is 1. The Morgan fingerprint density at radius 2 is 2.15 bits per heavy atom. The van der Waals surface area contributed by atoms with Crippen LogP contribution in [0, 0.1) is 0 Å². The van der Waals surface area contributed by atoms with Gasteiger partial charge in [0.2, 0.25) is 0 Å². The summed E-state index contributed by atoms with van der Waals surface area (Å²) in [5.41, 5.74) is 0.591. The monoisotopic (exact) mass is 361 g/mol. The van der Waals surface area contributed by atoms with Crippen LogP contribution in [-0.2, 0) is 11.3 Å². The van der Waals surface area contributed by atoms with Crippen LogP contribution in [0.25, 0.3) is 0 Å². The van der Waals surface area contributed by atoms with Crippen molar-refractivity contribution in [1.29, 1.82) is 0 Å². The molecule has 0 spiro atoms. The van der Waals surface area contributed by atoms with Crippen LogP contribution in [0.5, 0.6) is 0 Å². The molecular weight excluding hydrogens is 330 g/mol. The molecule has 26 heavy (non-hydrogen) atoms. The third-order valence-corrected chi connectivity index (χ3v) is 5.49. The van der Waals surface area contributed by atoms with E-state index in [1.165, 1.54) is 5.56 Å². The van der Waals surface area contributed by atoms with Crippen LogP contribution in [-0.4, -0.2) is 60.0 Å². The molecule has 3 rings (SSSR count). The molecule has 6 heteroatoms. The van der Waals surface area contributed by atoms with Crippen molar-refractivity contribution in [2.75, 3.05) is 26.2 Å². The van der Waals surface area contributed by atoms with Crippen molar-refractivity contribution < 1.29 is 14.6 Å². The first-order valence-corrected chi connectivity index (χ1v) is 9.72. The van der Waals surface area contributed by atoms with Gasteiger partial charge in [0, 0.05) is 26.2 Å². The van der Waals surface area contributed by atoms with Crippen molar-refractivity contribution in [1.82, 2.24) is 15.5 Å². The minimum absolute atomic E-state index is 0.0185. The lowest BCUT2D eigenvalue weighted by Crippen LogP contribution is -2.56. The topological polar surface area (TPSA) is 73.8 Å². The number of urea groups is 1. The van der Waals surface area contributed by atoms with Crippen LogP contribution in [0.15, 0.2) is 30.3 Å². The molecule has 1 aromatic rings. The Morgan fingerprint density at radius 1 is 1.38 bits per heavy atom. The van der Waals surface area contributed by atoms with Gasteiger partial charge in [-0.3, -0.25) is 4.90 Å². The van der Waals surface area contributed by atoms with Gasteiger partial charge in [-0.2, -0.15) is 0 Å². The molecule has 144 valence electrons. The van der Waals surface area contributed by atoms with Crippen molar-refractivity contribution >= 4 is 6.03 Å². The van der Waals surface area contributed by atoms with Gasteiger partial charge in [0.25, 0.3) is 0 Å². The van der Waals surface area contributed by atoms with Crippen molar-refractivity contribution in [3.63, 3.8) is 0 Å². The van der Waals surface area contributed by atoms with Crippen LogP contribution in [0.3, 0.4) is 0 Å². The molecule has 3 N–H and O–H groups in total. The van der Waals surface area contributed by atoms with Crippen molar-refractivity contribution in [3.05, 3.63) is 35.9 Å². The maximum absolute atomic E-state index is 12.2. The first kappa shape index (κ1) is 19.1. The first-order chi connectivity index (χ1) is 12.6. The van der Waals surface area contributed by atoms with E-state index in [1.807, 2.05) is 6.07 Å². The molecule has 2 fully saturated rings. The van der Waals surface area contributed by atoms with Crippen LogP contribution in [0.1, 0.15) is 38.2 Å². The first-order valence-electron chi connectivity index (χ1n) is 9.72. The van der Waals surface area contributed by atoms with Gasteiger partial charge in [0.05, 0.1) is 24.4 Å². The quantitative estimate of drug-likeness (QED) is 0.693. The van der Waals surface area contributed by atoms with Gasteiger partial charge in [-0.15, -0.1) is 0 Å². The van der Waals surface area contributed by atoms with Crippen LogP contribution >= 0.6 is 0 Å². The van der Waals surface area contributed by atoms with Gasteiger partial charge in [0.1, 0.15) is 0 Å². The minimum atomic E-state index is -0.702. The molecule has 2 amide bonds. The Labute approximate surface area is 155 Å². The number of rotatable bonds is 7. The number of nitrogens with zero attached hydrogens (tertiary/aromatic N) is 1. The lowest BCUT2D eigenvalue weighted by atomic mass is 9.80. The van der Waals surface area contributed by atoms with E-state index in [0.717, 1.165) is 45.3 Å². The number of carbonyl (C=O) groups is 1. The summed E-state index contributed by atoms with van der Waals surface area (Å²) in [4.78, 5) is 14.6. The maximum Gasteiger partial charge on any atom is 0.315 e. The van der Waals surface area contributed by atoms with Crippen molar-refractivity contribution in [3.8, 4) is 0 Å². The molecule has 1 saturated heterocycles. The number of amides is 2. The zero-order valence-electron chi connectivity index (χ0n) is 15.6. The molecule has 0 aromatic heterocycles. The smallest absolute Gasteiger partial charge is 0.315 e. The molecule has 2 atom stereocenters. The Bertz CT molecular complexity index is 577. The normalized spacial score (nSPS) is 23.7. The van der Waals surface area contributed by atoms with E-state index in [0.29, 0.717) is 13.2 Å². The van der Waals surface area contributed by atoms with Crippen molar-refractivity contribution in [2.45, 2.75) is 56.9 Å². The SMILES string of the molecule is CCC(NC(=O)NCC1(O)CCC1)C1CN(Cc2ccccc2)CCO1. The van der Waals surface area contributed by atoms with Gasteiger partial charge in [-0.1, -0.05) is 37.3 Å². The third kappa shape index (κ3) is 5.19. The molecule has 1 aliphatic heterocycles. The van der Waals surface area contributed by atoms with Gasteiger partial charge >= 0.3 is 6.03 Å². The number of hydrogen-bond acceptors (Lipinski definition) is 4. The molecule has 2 aliphatic rings. The van der Waals surface area contributed by atoms with Gasteiger partial charge < -0.3 is 20.5 Å². The number of carbonyl (C=O) groups excluding carboxylic acids is 1. The lowest BCUT2D eigenvalue weighted by Gasteiger charge is -2.38. The summed E-state index contributed by atoms with van der Waals surface area (Å²) in [5.74, 6) is 0. The summed E-state index contributed by atoms with van der Waals surface area (Å²) in [6.07, 6.45) is 3.36. The summed E-state index contributed by atoms with van der Waals surface area (Å²) < 4.78 is 5.94. The van der Waals surface area contributed by atoms with E-state index in [-0.39, 0.29) is 18.2 Å². The Hall–Kier alpha value is -1.63. The summed E-state index contributed by atoms with van der Waals surface area (Å²) >= 11 is 0. The zero-order valence-corrected chi connectivity index (χ0v) is 15.6. The largest absolute Gasteiger partial charge is 0.388 e. The molecule has 1 saturated carbocycles. The minimum Gasteiger partial charge on any atom is -0.388 e. The van der Waals surface area contributed by atoms with E-state index < -0.39 is 5.60 Å². The summed E-state index contributed by atoms with van der Waals surface area (Å²) in [5, 5.41) is 15.9. The summed E-state index contributed by atoms with van der Waals surface area (Å²) in [6, 6.07) is 10.2. The summed E-state index contributed by atoms with van der Waals surface area (Å²) in [7, 11) is 0. The molecule has 1 aliphatic carbocycles. The zero-order chi connectivity index (χ0) is 18.4. The summed E-state index contributed by atoms with van der Waals surface area (Å²) in [6.45, 7) is 5.66. The van der Waals surface area contributed by atoms with Crippen LogP contribution in [0.4, 0.5) is 4.79 Å². The molecule has 6 nitrogen and oxygen atoms in total. The average Bonchev–Trinajstić information content (AvgIpc) is 2.64. The lowest BCUT2D eigenvalue weighted by molar-refractivity contribution is -0.0482. The highest BCUT2D eigenvalue weighted by atomic mass is 16.5. The van der Waals surface area contributed by atoms with E-state index >= 15 is 0 Å². The molecule has 0 bridgehead atoms. The second-order valence-electron chi connectivity index (χ2n) is 7.55. The van der Waals surface area contributed by atoms with E-state index in [9.17, 15) is 9.90 Å². The van der Waals surface area contributed by atoms with Crippen molar-refractivity contribution in [2.24, 2.45) is 0 Å². The van der Waals surface area contributed by atoms with Gasteiger partial charge in [-0.05, 0) is 31.2 Å². The predicted molar refractivity (Wildman–Crippen MR) is 101 cm³/mol. The molecule has 2 unspecified atom stereocenters. The Kier molecular flexibility index (Phi) is 6.51. The maximum atomic E-state index is 12.2. The third-order valence-electron chi connectivity index (χ3n) is 5.49. The molecule has 0 radical (unpaired) electrons. The average molecular weight is 361 g/mol. The van der Waals surface area contributed by atoms with Crippen LogP contribution < -0.4 is 10.6 Å². The number of nitrogens with one attached hydrogen (secondary N) is 2. The second-order valence-corrected chi connectivity index (χ2v) is 7.55. The molecule has 1 heterocycles. The highest BCUT2D eigenvalue weighted by Gasteiger charge is 2.35. The fourth-order valence-corrected chi connectivity index (χ4v) is 3.64. The fraction of sp³-hybridized carbons (Fsp3) is 0.650. The van der Waals surface area contributed by atoms with Gasteiger partial charge in [0.15, 0.2) is 0 Å². The Morgan fingerprint density at radius 3 is 2.81 bits per heavy atom. The highest BCUT2D eigenvalue weighted by molar-refractivity contribution is 5.74. The standard InChI is InChI=1S/C20H31N3O3/c1-2-17(22-19(24)21-15-20(25)9-6-10-20)18-14-23(11-12-26-18)13-16-7-4-3-5-8-16/h3-5,7-8,17-18,25H,2,6,9-15H2,1H3,(H2,21,22,24). The van der Waals surface area contributed by atoms with E-state index in [1.54, 1.807) is 0 Å². The second kappa shape index (κ2) is 8.84. The molecular formula is C20H31N3O3. The van der Waals surface area contributed by atoms with Crippen LogP contribution in [0.2, 0.25) is 0 Å². The molecule has 1 aromatic carbocycles. The number of hydrogen-bond donors (Lipinski definition) is 3. The number of ether oxygens (including phenoxy) is 1. The van der Waals surface area contributed by atoms with E-state index in [4.69, 9.17) is 4.74 Å². The number of morpholine rings is 1. The van der Waals surface area contributed by atoms with Gasteiger partial charge in [-0.25, -0.2) is 4.79 Å². The highest BCUT2D eigenvalue weighted by Crippen LogP contribution is 2.30. The van der Waals surface area contributed by atoms with E-state index in [2.05, 4.69) is 46.7 Å². The number of aliphatic hydroxyl groups is 1.